The SMILES string of the molecule is C[C](CCCC(C)C)CCc1cc2c3c(c(CC[C](C)CCCC(C)C)cc4c3c1N=C(c1ccccc1)S4)N=C(c1ccccc1)S2. The van der Waals surface area contributed by atoms with Crippen LogP contribution in [0.25, 0.3) is 10.8 Å². The van der Waals surface area contributed by atoms with Crippen LogP contribution in [0.4, 0.5) is 11.4 Å². The average Bonchev–Trinajstić information content (AvgIpc) is 3.08. The fourth-order valence-corrected chi connectivity index (χ4v) is 9.07. The molecular weight excluding hydrogens is 621 g/mol. The van der Waals surface area contributed by atoms with E-state index in [1.807, 2.05) is 23.5 Å². The van der Waals surface area contributed by atoms with Crippen molar-refractivity contribution >= 4 is 55.8 Å². The number of nitrogens with zero attached hydrogens (tertiary/aromatic N) is 2. The molecule has 2 aliphatic rings. The highest BCUT2D eigenvalue weighted by Gasteiger charge is 2.29. The molecule has 0 aliphatic carbocycles. The third-order valence-corrected chi connectivity index (χ3v) is 11.9. The molecule has 4 heteroatoms. The maximum absolute atomic E-state index is 5.48. The Kier molecular flexibility index (Phi) is 11.9. The van der Waals surface area contributed by atoms with Crippen LogP contribution in [0.1, 0.15) is 115 Å². The van der Waals surface area contributed by atoms with Gasteiger partial charge in [-0.1, -0.05) is 151 Å². The van der Waals surface area contributed by atoms with Gasteiger partial charge in [0.05, 0.1) is 11.4 Å². The molecule has 0 bridgehead atoms. The maximum Gasteiger partial charge on any atom is 0.109 e. The van der Waals surface area contributed by atoms with Gasteiger partial charge in [-0.3, -0.25) is 0 Å². The van der Waals surface area contributed by atoms with Crippen LogP contribution in [0.3, 0.4) is 0 Å². The standard InChI is InChI=1S/C44H52N2S2/c1-29(2)15-13-17-31(5)23-25-35-27-37-40-39-38(48-43(45-41(35)39)33-19-9-7-10-20-33)28-36(26-24-32(6)18-14-16-30(3)4)42(40)46-44(47-37)34-21-11-8-12-22-34/h7-12,19-22,27-30H,13-18,23-26H2,1-6H3. The third kappa shape index (κ3) is 8.48. The lowest BCUT2D eigenvalue weighted by Crippen LogP contribution is -2.08. The monoisotopic (exact) mass is 672 g/mol. The van der Waals surface area contributed by atoms with E-state index in [-0.39, 0.29) is 0 Å². The summed E-state index contributed by atoms with van der Waals surface area (Å²) in [6.07, 6.45) is 11.8. The van der Waals surface area contributed by atoms with Gasteiger partial charge in [-0.2, -0.15) is 0 Å². The lowest BCUT2D eigenvalue weighted by atomic mass is 9.90. The molecule has 2 nitrogen and oxygen atoms in total. The zero-order chi connectivity index (χ0) is 33.6. The van der Waals surface area contributed by atoms with E-state index in [0.29, 0.717) is 0 Å². The number of thioether (sulfide) groups is 2. The molecule has 0 aromatic heterocycles. The molecule has 2 heterocycles. The molecule has 0 fully saturated rings. The fourth-order valence-electron chi connectivity index (χ4n) is 6.87. The van der Waals surface area contributed by atoms with Crippen LogP contribution in [-0.2, 0) is 12.8 Å². The van der Waals surface area contributed by atoms with E-state index >= 15 is 0 Å². The van der Waals surface area contributed by atoms with Gasteiger partial charge in [0, 0.05) is 31.7 Å². The van der Waals surface area contributed by atoms with Crippen molar-refractivity contribution in [3.63, 3.8) is 0 Å². The van der Waals surface area contributed by atoms with Crippen LogP contribution in [0.5, 0.6) is 0 Å². The Balaban J connectivity index is 1.43. The van der Waals surface area contributed by atoms with E-state index in [9.17, 15) is 0 Å². The topological polar surface area (TPSA) is 24.7 Å². The number of aryl methyl sites for hydroxylation is 2. The summed E-state index contributed by atoms with van der Waals surface area (Å²) < 4.78 is 0. The van der Waals surface area contributed by atoms with E-state index in [1.165, 1.54) is 92.7 Å². The lowest BCUT2D eigenvalue weighted by molar-refractivity contribution is 0.534. The van der Waals surface area contributed by atoms with Gasteiger partial charge in [-0.25, -0.2) is 9.98 Å². The third-order valence-electron chi connectivity index (χ3n) is 9.73. The van der Waals surface area contributed by atoms with Gasteiger partial charge in [0.1, 0.15) is 10.1 Å². The summed E-state index contributed by atoms with van der Waals surface area (Å²) >= 11 is 3.69. The number of rotatable bonds is 16. The van der Waals surface area contributed by atoms with E-state index in [0.717, 1.165) is 47.6 Å². The second-order valence-corrected chi connectivity index (χ2v) is 16.8. The van der Waals surface area contributed by atoms with Crippen molar-refractivity contribution < 1.29 is 0 Å². The summed E-state index contributed by atoms with van der Waals surface area (Å²) in [6, 6.07) is 26.5. The Morgan fingerprint density at radius 1 is 0.562 bits per heavy atom. The summed E-state index contributed by atoms with van der Waals surface area (Å²) in [5.74, 6) is 4.73. The smallest absolute Gasteiger partial charge is 0.109 e. The normalized spacial score (nSPS) is 14.0. The molecule has 0 amide bonds. The largest absolute Gasteiger partial charge is 0.240 e. The molecule has 4 aromatic carbocycles. The van der Waals surface area contributed by atoms with Crippen LogP contribution in [0, 0.1) is 23.7 Å². The van der Waals surface area contributed by atoms with Crippen LogP contribution >= 0.6 is 23.5 Å². The zero-order valence-corrected chi connectivity index (χ0v) is 31.5. The zero-order valence-electron chi connectivity index (χ0n) is 29.9. The number of hydrogen-bond acceptors (Lipinski definition) is 4. The quantitative estimate of drug-likeness (QED) is 0.118. The minimum absolute atomic E-state index is 0.765. The van der Waals surface area contributed by atoms with Crippen molar-refractivity contribution in [2.75, 3.05) is 0 Å². The van der Waals surface area contributed by atoms with Gasteiger partial charge in [0.15, 0.2) is 0 Å². The average molecular weight is 673 g/mol. The first-order chi connectivity index (χ1) is 23.3. The Morgan fingerprint density at radius 3 is 1.33 bits per heavy atom. The van der Waals surface area contributed by atoms with Gasteiger partial charge < -0.3 is 0 Å². The predicted molar refractivity (Wildman–Crippen MR) is 213 cm³/mol. The van der Waals surface area contributed by atoms with E-state index < -0.39 is 0 Å². The van der Waals surface area contributed by atoms with Crippen molar-refractivity contribution in [1.29, 1.82) is 0 Å². The summed E-state index contributed by atoms with van der Waals surface area (Å²) in [5.41, 5.74) is 7.45. The van der Waals surface area contributed by atoms with E-state index in [2.05, 4.69) is 114 Å². The first-order valence-corrected chi connectivity index (χ1v) is 19.8. The van der Waals surface area contributed by atoms with E-state index in [4.69, 9.17) is 9.98 Å². The highest BCUT2D eigenvalue weighted by Crippen LogP contribution is 2.54. The van der Waals surface area contributed by atoms with Crippen molar-refractivity contribution in [1.82, 2.24) is 0 Å². The maximum atomic E-state index is 5.48. The molecule has 0 saturated carbocycles. The molecule has 0 N–H and O–H groups in total. The van der Waals surface area contributed by atoms with Gasteiger partial charge in [0.25, 0.3) is 0 Å². The first kappa shape index (κ1) is 35.0. The van der Waals surface area contributed by atoms with Crippen molar-refractivity contribution in [2.24, 2.45) is 21.8 Å². The Morgan fingerprint density at radius 2 is 0.958 bits per heavy atom. The summed E-state index contributed by atoms with van der Waals surface area (Å²) in [6.45, 7) is 14.0. The van der Waals surface area contributed by atoms with Crippen molar-refractivity contribution in [2.45, 2.75) is 116 Å². The van der Waals surface area contributed by atoms with Gasteiger partial charge in [-0.05, 0) is 85.5 Å². The van der Waals surface area contributed by atoms with Crippen LogP contribution in [0.15, 0.2) is 92.6 Å². The molecule has 0 saturated heterocycles. The highest BCUT2D eigenvalue weighted by atomic mass is 32.2. The Bertz CT molecular complexity index is 1620. The van der Waals surface area contributed by atoms with Crippen LogP contribution < -0.4 is 0 Å². The molecule has 4 aromatic rings. The number of hydrogen-bond donors (Lipinski definition) is 0. The molecule has 0 spiro atoms. The summed E-state index contributed by atoms with van der Waals surface area (Å²) in [7, 11) is 0. The molecule has 6 rings (SSSR count). The second kappa shape index (κ2) is 16.3. The molecule has 2 aliphatic heterocycles. The van der Waals surface area contributed by atoms with E-state index in [1.54, 1.807) is 11.8 Å². The summed E-state index contributed by atoms with van der Waals surface area (Å²) in [4.78, 5) is 13.6. The minimum atomic E-state index is 0.765. The highest BCUT2D eigenvalue weighted by molar-refractivity contribution is 8.15. The van der Waals surface area contributed by atoms with Crippen molar-refractivity contribution in [3.8, 4) is 0 Å². The first-order valence-electron chi connectivity index (χ1n) is 18.2. The van der Waals surface area contributed by atoms with Crippen LogP contribution in [-0.4, -0.2) is 10.1 Å². The van der Waals surface area contributed by atoms with Gasteiger partial charge >= 0.3 is 0 Å². The Hall–Kier alpha value is -2.82. The van der Waals surface area contributed by atoms with Gasteiger partial charge in [0.2, 0.25) is 0 Å². The number of aliphatic imine (C=N–C) groups is 2. The molecule has 0 atom stereocenters. The number of benzene rings is 4. The Labute approximate surface area is 298 Å². The molecule has 250 valence electrons. The van der Waals surface area contributed by atoms with Crippen LogP contribution in [0.2, 0.25) is 0 Å². The molecular formula is C44H52N2S2. The molecule has 0 unspecified atom stereocenters. The fraction of sp³-hybridized carbons (Fsp3) is 0.409. The van der Waals surface area contributed by atoms with Gasteiger partial charge in [-0.15, -0.1) is 0 Å². The lowest BCUT2D eigenvalue weighted by Gasteiger charge is -2.27. The predicted octanol–water partition coefficient (Wildman–Crippen LogP) is 13.9. The molecule has 2 radical (unpaired) electrons. The molecule has 48 heavy (non-hydrogen) atoms. The van der Waals surface area contributed by atoms with Crippen molar-refractivity contribution in [3.05, 3.63) is 107 Å². The second-order valence-electron chi connectivity index (χ2n) is 14.8. The summed E-state index contributed by atoms with van der Waals surface area (Å²) in [5, 5.41) is 4.82. The minimum Gasteiger partial charge on any atom is -0.240 e.